The van der Waals surface area contributed by atoms with Crippen LogP contribution in [0.5, 0.6) is 0 Å². The average Bonchev–Trinajstić information content (AvgIpc) is 2.72. The first-order chi connectivity index (χ1) is 13.6. The monoisotopic (exact) mass is 381 g/mol. The second-order valence-electron chi connectivity index (χ2n) is 8.16. The smallest absolute Gasteiger partial charge is 0.113 e. The van der Waals surface area contributed by atoms with E-state index in [0.717, 1.165) is 30.7 Å². The highest BCUT2D eigenvalue weighted by atomic mass is 16.5. The van der Waals surface area contributed by atoms with Crippen LogP contribution in [0.25, 0.3) is 11.0 Å². The van der Waals surface area contributed by atoms with E-state index in [4.69, 9.17) is 4.74 Å². The van der Waals surface area contributed by atoms with Gasteiger partial charge in [0.1, 0.15) is 17.1 Å². The van der Waals surface area contributed by atoms with Gasteiger partial charge in [0, 0.05) is 64.1 Å². The van der Waals surface area contributed by atoms with Crippen molar-refractivity contribution in [1.82, 2.24) is 15.3 Å². The van der Waals surface area contributed by atoms with Crippen molar-refractivity contribution < 1.29 is 9.84 Å². The molecule has 148 valence electrons. The summed E-state index contributed by atoms with van der Waals surface area (Å²) in [6.07, 6.45) is 5.74. The molecule has 2 fully saturated rings. The average molecular weight is 381 g/mol. The molecular weight excluding hydrogens is 354 g/mol. The minimum atomic E-state index is -0.670. The second-order valence-corrected chi connectivity index (χ2v) is 8.16. The number of anilines is 1. The Kier molecular flexibility index (Phi) is 5.44. The van der Waals surface area contributed by atoms with Gasteiger partial charge in [-0.25, -0.2) is 0 Å². The number of aliphatic hydroxyl groups is 1. The van der Waals surface area contributed by atoms with Crippen molar-refractivity contribution in [1.29, 1.82) is 5.26 Å². The number of nitrogens with one attached hydrogen (secondary N) is 1. The maximum Gasteiger partial charge on any atom is 0.113 e. The van der Waals surface area contributed by atoms with Crippen LogP contribution in [0.4, 0.5) is 5.69 Å². The first kappa shape index (κ1) is 19.1. The van der Waals surface area contributed by atoms with Crippen LogP contribution in [0, 0.1) is 17.2 Å². The molecule has 0 aliphatic carbocycles. The van der Waals surface area contributed by atoms with Crippen LogP contribution < -0.4 is 10.2 Å². The molecule has 0 radical (unpaired) electrons. The first-order valence-electron chi connectivity index (χ1n) is 10.0. The summed E-state index contributed by atoms with van der Waals surface area (Å²) in [4.78, 5) is 11.2. The number of fused-ring (bicyclic) bond motifs is 1. The van der Waals surface area contributed by atoms with E-state index >= 15 is 0 Å². The number of benzene rings is 1. The van der Waals surface area contributed by atoms with E-state index in [1.165, 1.54) is 0 Å². The SMILES string of the molecule is C[C@H]1C[C@@H](NCC2(O)CCOCC2)CN(c2ccc(C#N)c3nccnc23)C1. The number of piperidine rings is 1. The maximum absolute atomic E-state index is 10.7. The molecule has 2 aromatic rings. The standard InChI is InChI=1S/C21H27N5O2/c1-15-10-17(25-14-21(27)4-8-28-9-5-21)13-26(12-15)18-3-2-16(11-22)19-20(18)24-7-6-23-19/h2-3,6-7,15,17,25,27H,4-5,8-10,12-14H2,1H3/t15-,17+/m0/s1. The lowest BCUT2D eigenvalue weighted by Gasteiger charge is -2.40. The predicted octanol–water partition coefficient (Wildman–Crippen LogP) is 1.85. The fraction of sp³-hybridized carbons (Fsp3) is 0.571. The molecule has 2 aliphatic rings. The summed E-state index contributed by atoms with van der Waals surface area (Å²) in [5, 5.41) is 23.7. The topological polar surface area (TPSA) is 94.3 Å². The zero-order valence-electron chi connectivity index (χ0n) is 16.3. The van der Waals surface area contributed by atoms with Gasteiger partial charge in [-0.3, -0.25) is 9.97 Å². The van der Waals surface area contributed by atoms with E-state index in [-0.39, 0.29) is 6.04 Å². The highest BCUT2D eigenvalue weighted by molar-refractivity contribution is 5.92. The second kappa shape index (κ2) is 8.00. The number of aromatic nitrogens is 2. The van der Waals surface area contributed by atoms with Crippen LogP contribution in [-0.2, 0) is 4.74 Å². The molecule has 0 amide bonds. The molecule has 0 saturated carbocycles. The van der Waals surface area contributed by atoms with Crippen LogP contribution in [0.1, 0.15) is 31.7 Å². The Labute approximate surface area is 165 Å². The third kappa shape index (κ3) is 3.95. The molecule has 2 aliphatic heterocycles. The summed E-state index contributed by atoms with van der Waals surface area (Å²) in [6.45, 7) is 5.88. The largest absolute Gasteiger partial charge is 0.388 e. The summed E-state index contributed by atoms with van der Waals surface area (Å²) in [6, 6.07) is 6.31. The highest BCUT2D eigenvalue weighted by Gasteiger charge is 2.32. The van der Waals surface area contributed by atoms with Gasteiger partial charge >= 0.3 is 0 Å². The van der Waals surface area contributed by atoms with Crippen molar-refractivity contribution in [2.75, 3.05) is 37.7 Å². The molecule has 2 saturated heterocycles. The van der Waals surface area contributed by atoms with Gasteiger partial charge in [-0.05, 0) is 24.5 Å². The minimum Gasteiger partial charge on any atom is -0.388 e. The third-order valence-corrected chi connectivity index (χ3v) is 5.87. The molecular formula is C21H27N5O2. The number of nitriles is 1. The molecule has 4 rings (SSSR count). The summed E-state index contributed by atoms with van der Waals surface area (Å²) < 4.78 is 5.38. The lowest BCUT2D eigenvalue weighted by molar-refractivity contribution is -0.0630. The molecule has 3 heterocycles. The lowest BCUT2D eigenvalue weighted by atomic mass is 9.91. The van der Waals surface area contributed by atoms with E-state index in [2.05, 4.69) is 33.2 Å². The van der Waals surface area contributed by atoms with E-state index in [1.54, 1.807) is 12.4 Å². The Bertz CT molecular complexity index is 875. The zero-order valence-corrected chi connectivity index (χ0v) is 16.3. The Morgan fingerprint density at radius 3 is 2.75 bits per heavy atom. The third-order valence-electron chi connectivity index (χ3n) is 5.87. The molecule has 7 nitrogen and oxygen atoms in total. The van der Waals surface area contributed by atoms with Crippen LogP contribution in [0.2, 0.25) is 0 Å². The number of hydrogen-bond acceptors (Lipinski definition) is 7. The van der Waals surface area contributed by atoms with Crippen molar-refractivity contribution in [3.05, 3.63) is 30.1 Å². The Hall–Kier alpha value is -2.27. The van der Waals surface area contributed by atoms with Crippen molar-refractivity contribution in [2.45, 2.75) is 37.8 Å². The van der Waals surface area contributed by atoms with Crippen LogP contribution >= 0.6 is 0 Å². The van der Waals surface area contributed by atoms with E-state index < -0.39 is 5.60 Å². The molecule has 28 heavy (non-hydrogen) atoms. The van der Waals surface area contributed by atoms with E-state index in [0.29, 0.717) is 49.6 Å². The number of ether oxygens (including phenoxy) is 1. The van der Waals surface area contributed by atoms with Crippen molar-refractivity contribution in [2.24, 2.45) is 5.92 Å². The number of nitrogens with zero attached hydrogens (tertiary/aromatic N) is 4. The highest BCUT2D eigenvalue weighted by Crippen LogP contribution is 2.30. The van der Waals surface area contributed by atoms with Crippen LogP contribution in [0.3, 0.4) is 0 Å². The van der Waals surface area contributed by atoms with Crippen molar-refractivity contribution >= 4 is 16.7 Å². The first-order valence-corrected chi connectivity index (χ1v) is 10.0. The van der Waals surface area contributed by atoms with Crippen LogP contribution in [0.15, 0.2) is 24.5 Å². The van der Waals surface area contributed by atoms with Gasteiger partial charge in [-0.15, -0.1) is 0 Å². The number of rotatable bonds is 4. The summed E-state index contributed by atoms with van der Waals surface area (Å²) in [5.74, 6) is 0.512. The van der Waals surface area contributed by atoms with Crippen molar-refractivity contribution in [3.63, 3.8) is 0 Å². The van der Waals surface area contributed by atoms with Gasteiger partial charge in [0.2, 0.25) is 0 Å². The van der Waals surface area contributed by atoms with Gasteiger partial charge in [0.05, 0.1) is 16.9 Å². The molecule has 1 aromatic carbocycles. The van der Waals surface area contributed by atoms with E-state index in [9.17, 15) is 10.4 Å². The molecule has 2 N–H and O–H groups in total. The molecule has 0 bridgehead atoms. The van der Waals surface area contributed by atoms with Crippen molar-refractivity contribution in [3.8, 4) is 6.07 Å². The molecule has 2 atom stereocenters. The maximum atomic E-state index is 10.7. The Morgan fingerprint density at radius 2 is 2.00 bits per heavy atom. The lowest BCUT2D eigenvalue weighted by Crippen LogP contribution is -2.54. The van der Waals surface area contributed by atoms with Crippen LogP contribution in [-0.4, -0.2) is 59.6 Å². The molecule has 0 unspecified atom stereocenters. The molecule has 1 aromatic heterocycles. The summed E-state index contributed by atoms with van der Waals surface area (Å²) >= 11 is 0. The fourth-order valence-corrected chi connectivity index (χ4v) is 4.35. The zero-order chi connectivity index (χ0) is 19.6. The quantitative estimate of drug-likeness (QED) is 0.834. The summed E-state index contributed by atoms with van der Waals surface area (Å²) in [5.41, 5.74) is 2.33. The summed E-state index contributed by atoms with van der Waals surface area (Å²) in [7, 11) is 0. The number of hydrogen-bond donors (Lipinski definition) is 2. The molecule has 0 spiro atoms. The predicted molar refractivity (Wildman–Crippen MR) is 107 cm³/mol. The Balaban J connectivity index is 1.52. The molecule has 7 heteroatoms. The van der Waals surface area contributed by atoms with Gasteiger partial charge < -0.3 is 20.1 Å². The van der Waals surface area contributed by atoms with Gasteiger partial charge in [0.25, 0.3) is 0 Å². The van der Waals surface area contributed by atoms with Gasteiger partial charge in [0.15, 0.2) is 0 Å². The van der Waals surface area contributed by atoms with Gasteiger partial charge in [-0.1, -0.05) is 6.92 Å². The normalized spacial score (nSPS) is 24.8. The fourth-order valence-electron chi connectivity index (χ4n) is 4.35. The Morgan fingerprint density at radius 1 is 1.25 bits per heavy atom. The van der Waals surface area contributed by atoms with Gasteiger partial charge in [-0.2, -0.15) is 5.26 Å². The minimum absolute atomic E-state index is 0.290. The van der Waals surface area contributed by atoms with E-state index in [1.807, 2.05) is 12.1 Å².